The summed E-state index contributed by atoms with van der Waals surface area (Å²) in [7, 11) is 0. The van der Waals surface area contributed by atoms with Crippen molar-refractivity contribution in [3.05, 3.63) is 59.4 Å². The van der Waals surface area contributed by atoms with Crippen LogP contribution in [0.3, 0.4) is 0 Å². The molecule has 0 unspecified atom stereocenters. The maximum Gasteiger partial charge on any atom is 0.340 e. The number of carbonyl (C=O) groups is 2. The first-order chi connectivity index (χ1) is 10.6. The van der Waals surface area contributed by atoms with E-state index in [9.17, 15) is 9.59 Å². The van der Waals surface area contributed by atoms with Gasteiger partial charge in [0, 0.05) is 11.9 Å². The third-order valence-electron chi connectivity index (χ3n) is 2.80. The second-order valence-corrected chi connectivity index (χ2v) is 4.47. The Bertz CT molecular complexity index is 733. The number of aryl methyl sites for hydroxylation is 1. The molecule has 0 saturated carbocycles. The topological polar surface area (TPSA) is 92.1 Å². The van der Waals surface area contributed by atoms with Crippen LogP contribution in [0.5, 0.6) is 0 Å². The summed E-state index contributed by atoms with van der Waals surface area (Å²) in [5.74, 6) is -1.15. The quantitative estimate of drug-likeness (QED) is 0.871. The monoisotopic (exact) mass is 295 g/mol. The minimum atomic E-state index is -0.629. The fourth-order valence-electron chi connectivity index (χ4n) is 1.68. The fraction of sp³-hybridized carbons (Fsp3) is 0.125. The molecule has 22 heavy (non-hydrogen) atoms. The molecule has 0 aliphatic carbocycles. The van der Waals surface area contributed by atoms with Crippen LogP contribution in [-0.2, 0) is 9.53 Å². The summed E-state index contributed by atoms with van der Waals surface area (Å²) in [6.07, 6.45) is 1.39. The van der Waals surface area contributed by atoms with Crippen molar-refractivity contribution in [1.29, 1.82) is 5.26 Å². The van der Waals surface area contributed by atoms with Gasteiger partial charge in [0.25, 0.3) is 5.91 Å². The van der Waals surface area contributed by atoms with E-state index in [-0.39, 0.29) is 5.56 Å². The van der Waals surface area contributed by atoms with Gasteiger partial charge in [0.05, 0.1) is 16.8 Å². The van der Waals surface area contributed by atoms with Crippen LogP contribution in [0.2, 0.25) is 0 Å². The zero-order chi connectivity index (χ0) is 15.9. The number of nitrogens with zero attached hydrogens (tertiary/aromatic N) is 2. The predicted octanol–water partition coefficient (Wildman–Crippen LogP) is 2.06. The molecule has 110 valence electrons. The van der Waals surface area contributed by atoms with E-state index in [1.807, 2.05) is 6.07 Å². The number of amides is 1. The average molecular weight is 295 g/mol. The summed E-state index contributed by atoms with van der Waals surface area (Å²) in [5, 5.41) is 11.4. The molecule has 0 saturated heterocycles. The van der Waals surface area contributed by atoms with Gasteiger partial charge in [0.15, 0.2) is 6.61 Å². The Morgan fingerprint density at radius 1 is 1.27 bits per heavy atom. The van der Waals surface area contributed by atoms with Crippen molar-refractivity contribution in [2.75, 3.05) is 11.9 Å². The Morgan fingerprint density at radius 3 is 2.73 bits per heavy atom. The van der Waals surface area contributed by atoms with Gasteiger partial charge in [0.1, 0.15) is 6.07 Å². The van der Waals surface area contributed by atoms with Gasteiger partial charge in [-0.05, 0) is 31.2 Å². The first-order valence-electron chi connectivity index (χ1n) is 6.49. The molecule has 6 nitrogen and oxygen atoms in total. The number of nitriles is 1. The van der Waals surface area contributed by atoms with E-state index >= 15 is 0 Å². The lowest BCUT2D eigenvalue weighted by Gasteiger charge is -2.07. The Labute approximate surface area is 127 Å². The van der Waals surface area contributed by atoms with Crippen molar-refractivity contribution in [3.8, 4) is 6.07 Å². The molecule has 0 radical (unpaired) electrons. The summed E-state index contributed by atoms with van der Waals surface area (Å²) >= 11 is 0. The van der Waals surface area contributed by atoms with Crippen LogP contribution in [0.1, 0.15) is 21.6 Å². The number of esters is 1. The third-order valence-corrected chi connectivity index (χ3v) is 2.80. The summed E-state index contributed by atoms with van der Waals surface area (Å²) in [6, 6.07) is 11.8. The molecule has 1 N–H and O–H groups in total. The molecule has 0 fully saturated rings. The first-order valence-corrected chi connectivity index (χ1v) is 6.49. The smallest absolute Gasteiger partial charge is 0.340 e. The van der Waals surface area contributed by atoms with Gasteiger partial charge >= 0.3 is 5.97 Å². The zero-order valence-electron chi connectivity index (χ0n) is 11.9. The molecule has 0 bridgehead atoms. The van der Waals surface area contributed by atoms with Crippen molar-refractivity contribution < 1.29 is 14.3 Å². The molecule has 0 aliphatic rings. The molecular weight excluding hydrogens is 282 g/mol. The van der Waals surface area contributed by atoms with Crippen LogP contribution < -0.4 is 5.32 Å². The van der Waals surface area contributed by atoms with E-state index in [4.69, 9.17) is 10.00 Å². The summed E-state index contributed by atoms with van der Waals surface area (Å²) in [5.41, 5.74) is 1.77. The average Bonchev–Trinajstić information content (AvgIpc) is 2.54. The van der Waals surface area contributed by atoms with Gasteiger partial charge in [-0.2, -0.15) is 5.26 Å². The minimum absolute atomic E-state index is 0.274. The maximum atomic E-state index is 11.8. The number of para-hydroxylation sites is 1. The highest BCUT2D eigenvalue weighted by Crippen LogP contribution is 2.13. The van der Waals surface area contributed by atoms with E-state index in [0.29, 0.717) is 11.3 Å². The van der Waals surface area contributed by atoms with Gasteiger partial charge in [-0.25, -0.2) is 4.79 Å². The van der Waals surface area contributed by atoms with Crippen LogP contribution >= 0.6 is 0 Å². The highest BCUT2D eigenvalue weighted by Gasteiger charge is 2.11. The minimum Gasteiger partial charge on any atom is -0.452 e. The van der Waals surface area contributed by atoms with Gasteiger partial charge in [-0.3, -0.25) is 9.78 Å². The van der Waals surface area contributed by atoms with Crippen molar-refractivity contribution in [3.63, 3.8) is 0 Å². The second kappa shape index (κ2) is 6.99. The van der Waals surface area contributed by atoms with E-state index in [2.05, 4.69) is 10.3 Å². The van der Waals surface area contributed by atoms with Crippen LogP contribution in [0, 0.1) is 18.3 Å². The SMILES string of the molecule is Cc1ccc(C(=O)OCC(=O)Nc2ccccc2C#N)cn1. The lowest BCUT2D eigenvalue weighted by molar-refractivity contribution is -0.119. The number of aromatic nitrogens is 1. The number of hydrogen-bond donors (Lipinski definition) is 1. The number of nitrogens with one attached hydrogen (secondary N) is 1. The fourth-order valence-corrected chi connectivity index (χ4v) is 1.68. The van der Waals surface area contributed by atoms with Gasteiger partial charge in [0.2, 0.25) is 0 Å². The molecule has 2 rings (SSSR count). The molecule has 0 aliphatic heterocycles. The van der Waals surface area contributed by atoms with E-state index in [0.717, 1.165) is 5.69 Å². The van der Waals surface area contributed by atoms with Crippen LogP contribution in [0.25, 0.3) is 0 Å². The number of ether oxygens (including phenoxy) is 1. The van der Waals surface area contributed by atoms with Crippen molar-refractivity contribution in [2.45, 2.75) is 6.92 Å². The number of carbonyl (C=O) groups excluding carboxylic acids is 2. The first kappa shape index (κ1) is 15.2. The van der Waals surface area contributed by atoms with Crippen LogP contribution in [-0.4, -0.2) is 23.5 Å². The normalized spacial score (nSPS) is 9.64. The number of pyridine rings is 1. The molecule has 1 aromatic carbocycles. The number of hydrogen-bond acceptors (Lipinski definition) is 5. The standard InChI is InChI=1S/C16H13N3O3/c1-11-6-7-13(9-18-11)16(21)22-10-15(20)19-14-5-3-2-4-12(14)8-17/h2-7,9H,10H2,1H3,(H,19,20). The Balaban J connectivity index is 1.91. The Hall–Kier alpha value is -3.20. The molecule has 0 spiro atoms. The van der Waals surface area contributed by atoms with E-state index < -0.39 is 18.5 Å². The molecule has 1 amide bonds. The largest absolute Gasteiger partial charge is 0.452 e. The number of rotatable bonds is 4. The van der Waals surface area contributed by atoms with Crippen LogP contribution in [0.4, 0.5) is 5.69 Å². The summed E-state index contributed by atoms with van der Waals surface area (Å²) in [6.45, 7) is 1.36. The summed E-state index contributed by atoms with van der Waals surface area (Å²) in [4.78, 5) is 27.5. The van der Waals surface area contributed by atoms with E-state index in [1.54, 1.807) is 43.3 Å². The number of anilines is 1. The lowest BCUT2D eigenvalue weighted by Crippen LogP contribution is -2.21. The predicted molar refractivity (Wildman–Crippen MR) is 79.0 cm³/mol. The highest BCUT2D eigenvalue weighted by atomic mass is 16.5. The van der Waals surface area contributed by atoms with Crippen molar-refractivity contribution in [1.82, 2.24) is 4.98 Å². The summed E-state index contributed by atoms with van der Waals surface area (Å²) < 4.78 is 4.90. The second-order valence-electron chi connectivity index (χ2n) is 4.47. The van der Waals surface area contributed by atoms with Crippen molar-refractivity contribution >= 4 is 17.6 Å². The number of benzene rings is 1. The molecule has 0 atom stereocenters. The zero-order valence-corrected chi connectivity index (χ0v) is 11.9. The lowest BCUT2D eigenvalue weighted by atomic mass is 10.2. The molecule has 1 aromatic heterocycles. The molecule has 6 heteroatoms. The third kappa shape index (κ3) is 3.90. The van der Waals surface area contributed by atoms with Crippen LogP contribution in [0.15, 0.2) is 42.6 Å². The van der Waals surface area contributed by atoms with Gasteiger partial charge in [-0.15, -0.1) is 0 Å². The molecule has 1 heterocycles. The Kier molecular flexibility index (Phi) is 4.83. The molecule has 2 aromatic rings. The van der Waals surface area contributed by atoms with E-state index in [1.165, 1.54) is 6.20 Å². The van der Waals surface area contributed by atoms with Crippen molar-refractivity contribution in [2.24, 2.45) is 0 Å². The van der Waals surface area contributed by atoms with Gasteiger partial charge in [-0.1, -0.05) is 12.1 Å². The highest BCUT2D eigenvalue weighted by molar-refractivity contribution is 5.96. The Morgan fingerprint density at radius 2 is 2.05 bits per heavy atom. The molecular formula is C16H13N3O3. The van der Waals surface area contributed by atoms with Gasteiger partial charge < -0.3 is 10.1 Å². The maximum absolute atomic E-state index is 11.8.